The Bertz CT molecular complexity index is 465. The Morgan fingerprint density at radius 1 is 1.24 bits per heavy atom. The zero-order valence-corrected chi connectivity index (χ0v) is 9.24. The highest BCUT2D eigenvalue weighted by molar-refractivity contribution is 5.73. The van der Waals surface area contributed by atoms with Crippen LogP contribution in [0.3, 0.4) is 0 Å². The van der Waals surface area contributed by atoms with Gasteiger partial charge in [0.1, 0.15) is 6.54 Å². The van der Waals surface area contributed by atoms with Crippen molar-refractivity contribution in [3.63, 3.8) is 0 Å². The molecule has 0 saturated heterocycles. The molecular weight excluding hydrogens is 218 g/mol. The minimum atomic E-state index is -0.850. The van der Waals surface area contributed by atoms with Crippen LogP contribution in [0.4, 0.5) is 5.69 Å². The molecule has 1 aromatic heterocycles. The van der Waals surface area contributed by atoms with Crippen molar-refractivity contribution in [3.8, 4) is 0 Å². The van der Waals surface area contributed by atoms with Gasteiger partial charge in [-0.1, -0.05) is 18.2 Å². The molecule has 1 heterocycles. The van der Waals surface area contributed by atoms with E-state index in [4.69, 9.17) is 9.52 Å². The van der Waals surface area contributed by atoms with Gasteiger partial charge in [0.2, 0.25) is 0 Å². The summed E-state index contributed by atoms with van der Waals surface area (Å²) in [6.45, 7) is 0.488. The Morgan fingerprint density at radius 2 is 2.00 bits per heavy atom. The fourth-order valence-electron chi connectivity index (χ4n) is 1.64. The molecule has 4 heteroatoms. The average molecular weight is 231 g/mol. The van der Waals surface area contributed by atoms with Gasteiger partial charge in [0.25, 0.3) is 0 Å². The predicted molar refractivity (Wildman–Crippen MR) is 63.8 cm³/mol. The summed E-state index contributed by atoms with van der Waals surface area (Å²) in [5.74, 6) is -0.850. The topological polar surface area (TPSA) is 53.7 Å². The molecule has 0 saturated carbocycles. The summed E-state index contributed by atoms with van der Waals surface area (Å²) in [6.07, 6.45) is 3.21. The van der Waals surface area contributed by atoms with Gasteiger partial charge in [-0.05, 0) is 18.2 Å². The first-order valence-electron chi connectivity index (χ1n) is 5.28. The standard InChI is InChI=1S/C13H13NO3/c15-13(16)9-14(8-11-6-7-17-10-11)12-4-2-1-3-5-12/h1-7,10H,8-9H2,(H,15,16). The number of carbonyl (C=O) groups is 1. The van der Waals surface area contributed by atoms with E-state index in [0.29, 0.717) is 6.54 Å². The van der Waals surface area contributed by atoms with Gasteiger partial charge in [0.15, 0.2) is 0 Å². The number of furan rings is 1. The lowest BCUT2D eigenvalue weighted by Crippen LogP contribution is -2.28. The van der Waals surface area contributed by atoms with Gasteiger partial charge in [-0.25, -0.2) is 0 Å². The van der Waals surface area contributed by atoms with Crippen LogP contribution in [0, 0.1) is 0 Å². The van der Waals surface area contributed by atoms with Crippen LogP contribution in [0.1, 0.15) is 5.56 Å². The fraction of sp³-hybridized carbons (Fsp3) is 0.154. The second kappa shape index (κ2) is 5.21. The number of carboxylic acid groups (broad SMARTS) is 1. The first-order chi connectivity index (χ1) is 8.25. The van der Waals surface area contributed by atoms with Crippen LogP contribution < -0.4 is 4.90 Å². The summed E-state index contributed by atoms with van der Waals surface area (Å²) in [7, 11) is 0. The molecule has 0 radical (unpaired) electrons. The molecule has 2 aromatic rings. The highest BCUT2D eigenvalue weighted by Gasteiger charge is 2.11. The van der Waals surface area contributed by atoms with Crippen molar-refractivity contribution in [3.05, 3.63) is 54.5 Å². The molecule has 0 aliphatic carbocycles. The lowest BCUT2D eigenvalue weighted by atomic mass is 10.2. The second-order valence-electron chi connectivity index (χ2n) is 3.72. The van der Waals surface area contributed by atoms with Gasteiger partial charge in [0.05, 0.1) is 12.5 Å². The van der Waals surface area contributed by atoms with Crippen molar-refractivity contribution in [2.75, 3.05) is 11.4 Å². The summed E-state index contributed by atoms with van der Waals surface area (Å²) >= 11 is 0. The van der Waals surface area contributed by atoms with Crippen molar-refractivity contribution in [2.24, 2.45) is 0 Å². The van der Waals surface area contributed by atoms with Gasteiger partial charge < -0.3 is 14.4 Å². The van der Waals surface area contributed by atoms with Crippen LogP contribution in [-0.4, -0.2) is 17.6 Å². The summed E-state index contributed by atoms with van der Waals surface area (Å²) in [5.41, 5.74) is 1.84. The third kappa shape index (κ3) is 3.11. The molecule has 1 N–H and O–H groups in total. The number of rotatable bonds is 5. The van der Waals surface area contributed by atoms with Gasteiger partial charge in [0, 0.05) is 17.8 Å². The van der Waals surface area contributed by atoms with Crippen molar-refractivity contribution < 1.29 is 14.3 Å². The van der Waals surface area contributed by atoms with E-state index in [1.165, 1.54) is 0 Å². The molecule has 2 rings (SSSR count). The number of anilines is 1. The SMILES string of the molecule is O=C(O)CN(Cc1ccoc1)c1ccccc1. The van der Waals surface area contributed by atoms with Crippen LogP contribution in [0.5, 0.6) is 0 Å². The smallest absolute Gasteiger partial charge is 0.323 e. The number of aliphatic carboxylic acids is 1. The lowest BCUT2D eigenvalue weighted by Gasteiger charge is -2.21. The van der Waals surface area contributed by atoms with Gasteiger partial charge in [-0.2, -0.15) is 0 Å². The Hall–Kier alpha value is -2.23. The second-order valence-corrected chi connectivity index (χ2v) is 3.72. The van der Waals surface area contributed by atoms with Crippen LogP contribution in [0.2, 0.25) is 0 Å². The molecule has 0 unspecified atom stereocenters. The Balaban J connectivity index is 2.16. The van der Waals surface area contributed by atoms with Gasteiger partial charge >= 0.3 is 5.97 Å². The number of benzene rings is 1. The summed E-state index contributed by atoms with van der Waals surface area (Å²) < 4.78 is 4.98. The number of hydrogen-bond donors (Lipinski definition) is 1. The van der Waals surface area contributed by atoms with Gasteiger partial charge in [-0.15, -0.1) is 0 Å². The van der Waals surface area contributed by atoms with E-state index in [-0.39, 0.29) is 6.54 Å². The fourth-order valence-corrected chi connectivity index (χ4v) is 1.64. The zero-order valence-electron chi connectivity index (χ0n) is 9.24. The number of para-hydroxylation sites is 1. The van der Waals surface area contributed by atoms with Crippen molar-refractivity contribution >= 4 is 11.7 Å². The Labute approximate surface area is 99.1 Å². The molecule has 4 nitrogen and oxygen atoms in total. The van der Waals surface area contributed by atoms with E-state index in [2.05, 4.69) is 0 Å². The van der Waals surface area contributed by atoms with E-state index in [9.17, 15) is 4.79 Å². The third-order valence-corrected chi connectivity index (χ3v) is 2.40. The van der Waals surface area contributed by atoms with Crippen molar-refractivity contribution in [1.82, 2.24) is 0 Å². The van der Waals surface area contributed by atoms with E-state index in [1.807, 2.05) is 36.4 Å². The maximum Gasteiger partial charge on any atom is 0.323 e. The lowest BCUT2D eigenvalue weighted by molar-refractivity contribution is -0.135. The van der Waals surface area contributed by atoms with E-state index < -0.39 is 5.97 Å². The maximum absolute atomic E-state index is 10.8. The largest absolute Gasteiger partial charge is 0.480 e. The zero-order chi connectivity index (χ0) is 12.1. The first-order valence-corrected chi connectivity index (χ1v) is 5.28. The Morgan fingerprint density at radius 3 is 2.59 bits per heavy atom. The average Bonchev–Trinajstić information content (AvgIpc) is 2.82. The van der Waals surface area contributed by atoms with Crippen LogP contribution >= 0.6 is 0 Å². The molecule has 0 fully saturated rings. The van der Waals surface area contributed by atoms with Crippen molar-refractivity contribution in [1.29, 1.82) is 0 Å². The van der Waals surface area contributed by atoms with Gasteiger partial charge in [-0.3, -0.25) is 4.79 Å². The van der Waals surface area contributed by atoms with Crippen LogP contribution in [0.15, 0.2) is 53.3 Å². The molecule has 0 aliphatic rings. The van der Waals surface area contributed by atoms with E-state index >= 15 is 0 Å². The highest BCUT2D eigenvalue weighted by Crippen LogP contribution is 2.16. The van der Waals surface area contributed by atoms with E-state index in [0.717, 1.165) is 11.3 Å². The Kier molecular flexibility index (Phi) is 3.45. The normalized spacial score (nSPS) is 10.1. The molecule has 0 bridgehead atoms. The molecule has 17 heavy (non-hydrogen) atoms. The molecular formula is C13H13NO3. The number of nitrogens with zero attached hydrogens (tertiary/aromatic N) is 1. The minimum absolute atomic E-state index is 0.0325. The van der Waals surface area contributed by atoms with Crippen molar-refractivity contribution in [2.45, 2.75) is 6.54 Å². The molecule has 88 valence electrons. The molecule has 0 aliphatic heterocycles. The molecule has 0 amide bonds. The van der Waals surface area contributed by atoms with Crippen LogP contribution in [-0.2, 0) is 11.3 Å². The number of carboxylic acids is 1. The minimum Gasteiger partial charge on any atom is -0.480 e. The van der Waals surface area contributed by atoms with E-state index in [1.54, 1.807) is 17.4 Å². The summed E-state index contributed by atoms with van der Waals surface area (Å²) in [5, 5.41) is 8.91. The predicted octanol–water partition coefficient (Wildman–Crippen LogP) is 2.37. The number of hydrogen-bond acceptors (Lipinski definition) is 3. The third-order valence-electron chi connectivity index (χ3n) is 2.40. The highest BCUT2D eigenvalue weighted by atomic mass is 16.4. The molecule has 0 atom stereocenters. The summed E-state index contributed by atoms with van der Waals surface area (Å²) in [4.78, 5) is 12.6. The quantitative estimate of drug-likeness (QED) is 0.858. The van der Waals surface area contributed by atoms with Crippen LogP contribution in [0.25, 0.3) is 0 Å². The first kappa shape index (κ1) is 11.3. The summed E-state index contributed by atoms with van der Waals surface area (Å²) in [6, 6.07) is 11.3. The monoisotopic (exact) mass is 231 g/mol. The maximum atomic E-state index is 10.8. The molecule has 0 spiro atoms. The molecule has 1 aromatic carbocycles.